The highest BCUT2D eigenvalue weighted by Crippen LogP contribution is 2.31. The van der Waals surface area contributed by atoms with E-state index in [1.54, 1.807) is 12.4 Å². The lowest BCUT2D eigenvalue weighted by Gasteiger charge is -2.27. The maximum Gasteiger partial charge on any atom is 0.227 e. The Morgan fingerprint density at radius 1 is 1.39 bits per heavy atom. The minimum Gasteiger partial charge on any atom is -0.396 e. The lowest BCUT2D eigenvalue weighted by molar-refractivity contribution is -0.121. The summed E-state index contributed by atoms with van der Waals surface area (Å²) < 4.78 is 0. The third-order valence-corrected chi connectivity index (χ3v) is 3.68. The zero-order valence-electron chi connectivity index (χ0n) is 10.5. The van der Waals surface area contributed by atoms with Crippen LogP contribution in [0.1, 0.15) is 32.1 Å². The van der Waals surface area contributed by atoms with Gasteiger partial charge in [-0.2, -0.15) is 0 Å². The summed E-state index contributed by atoms with van der Waals surface area (Å²) in [6, 6.07) is 3.66. The highest BCUT2D eigenvalue weighted by atomic mass is 16.3. The van der Waals surface area contributed by atoms with Crippen LogP contribution in [0.5, 0.6) is 0 Å². The van der Waals surface area contributed by atoms with Crippen LogP contribution in [0.15, 0.2) is 24.5 Å². The highest BCUT2D eigenvalue weighted by Gasteiger charge is 2.25. The van der Waals surface area contributed by atoms with E-state index >= 15 is 0 Å². The summed E-state index contributed by atoms with van der Waals surface area (Å²) in [7, 11) is 0. The zero-order chi connectivity index (χ0) is 12.8. The van der Waals surface area contributed by atoms with Gasteiger partial charge >= 0.3 is 0 Å². The third-order valence-electron chi connectivity index (χ3n) is 3.68. The van der Waals surface area contributed by atoms with Crippen LogP contribution in [0.25, 0.3) is 0 Å². The Morgan fingerprint density at radius 2 is 2.17 bits per heavy atom. The smallest absolute Gasteiger partial charge is 0.227 e. The van der Waals surface area contributed by atoms with Gasteiger partial charge in [0.25, 0.3) is 0 Å². The number of carbonyl (C=O) groups is 1. The van der Waals surface area contributed by atoms with Crippen molar-refractivity contribution in [2.75, 3.05) is 11.9 Å². The Balaban J connectivity index is 1.81. The molecule has 0 bridgehead atoms. The van der Waals surface area contributed by atoms with Gasteiger partial charge in [-0.05, 0) is 50.2 Å². The summed E-state index contributed by atoms with van der Waals surface area (Å²) in [5.41, 5.74) is 0.764. The van der Waals surface area contributed by atoms with E-state index in [9.17, 15) is 4.79 Å². The van der Waals surface area contributed by atoms with Crippen molar-refractivity contribution in [1.29, 1.82) is 0 Å². The second-order valence-corrected chi connectivity index (χ2v) is 4.96. The van der Waals surface area contributed by atoms with Crippen molar-refractivity contribution in [3.05, 3.63) is 24.5 Å². The Morgan fingerprint density at radius 3 is 2.78 bits per heavy atom. The first-order chi connectivity index (χ1) is 8.79. The molecule has 0 radical (unpaired) electrons. The first-order valence-corrected chi connectivity index (χ1v) is 6.61. The molecule has 98 valence electrons. The van der Waals surface area contributed by atoms with E-state index in [1.165, 1.54) is 0 Å². The van der Waals surface area contributed by atoms with Crippen LogP contribution in [0.2, 0.25) is 0 Å². The number of pyridine rings is 1. The molecule has 0 saturated heterocycles. The fourth-order valence-electron chi connectivity index (χ4n) is 2.58. The number of nitrogens with zero attached hydrogens (tertiary/aromatic N) is 1. The van der Waals surface area contributed by atoms with Crippen LogP contribution in [-0.4, -0.2) is 22.6 Å². The zero-order valence-corrected chi connectivity index (χ0v) is 10.5. The maximum absolute atomic E-state index is 12.0. The van der Waals surface area contributed by atoms with Gasteiger partial charge in [-0.15, -0.1) is 0 Å². The number of anilines is 1. The van der Waals surface area contributed by atoms with Crippen molar-refractivity contribution in [3.8, 4) is 0 Å². The molecule has 1 heterocycles. The normalized spacial score (nSPS) is 23.6. The predicted octanol–water partition coefficient (Wildman–Crippen LogP) is 2.21. The van der Waals surface area contributed by atoms with Gasteiger partial charge in [0.2, 0.25) is 5.91 Å². The molecule has 2 N–H and O–H groups in total. The minimum atomic E-state index is 0.102. The molecule has 0 aliphatic heterocycles. The number of hydrogen-bond acceptors (Lipinski definition) is 3. The SMILES string of the molecule is O=C(Nc1cccnc1)C1CCC(CCO)CC1. The monoisotopic (exact) mass is 248 g/mol. The highest BCUT2D eigenvalue weighted by molar-refractivity contribution is 5.92. The second kappa shape index (κ2) is 6.50. The average molecular weight is 248 g/mol. The molecule has 1 saturated carbocycles. The van der Waals surface area contributed by atoms with E-state index in [2.05, 4.69) is 10.3 Å². The number of carbonyl (C=O) groups excluding carboxylic acids is 1. The molecule has 4 nitrogen and oxygen atoms in total. The van der Waals surface area contributed by atoms with Gasteiger partial charge in [-0.1, -0.05) is 0 Å². The van der Waals surface area contributed by atoms with E-state index in [4.69, 9.17) is 5.11 Å². The second-order valence-electron chi connectivity index (χ2n) is 4.96. The molecule has 18 heavy (non-hydrogen) atoms. The molecular weight excluding hydrogens is 228 g/mol. The van der Waals surface area contributed by atoms with E-state index in [0.29, 0.717) is 5.92 Å². The predicted molar refractivity (Wildman–Crippen MR) is 70.0 cm³/mol. The van der Waals surface area contributed by atoms with Crippen LogP contribution >= 0.6 is 0 Å². The fraction of sp³-hybridized carbons (Fsp3) is 0.571. The molecule has 2 rings (SSSR count). The van der Waals surface area contributed by atoms with Crippen LogP contribution in [0, 0.1) is 11.8 Å². The van der Waals surface area contributed by atoms with Gasteiger partial charge < -0.3 is 10.4 Å². The summed E-state index contributed by atoms with van der Waals surface area (Å²) in [5.74, 6) is 0.808. The third kappa shape index (κ3) is 3.53. The summed E-state index contributed by atoms with van der Waals surface area (Å²) >= 11 is 0. The summed E-state index contributed by atoms with van der Waals surface area (Å²) in [4.78, 5) is 16.0. The lowest BCUT2D eigenvalue weighted by Crippen LogP contribution is -2.27. The van der Waals surface area contributed by atoms with Gasteiger partial charge in [-0.25, -0.2) is 0 Å². The van der Waals surface area contributed by atoms with Crippen LogP contribution in [-0.2, 0) is 4.79 Å². The van der Waals surface area contributed by atoms with Crippen molar-refractivity contribution in [2.45, 2.75) is 32.1 Å². The fourth-order valence-corrected chi connectivity index (χ4v) is 2.58. The largest absolute Gasteiger partial charge is 0.396 e. The molecule has 0 unspecified atom stereocenters. The van der Waals surface area contributed by atoms with Gasteiger partial charge in [0.1, 0.15) is 0 Å². The first-order valence-electron chi connectivity index (χ1n) is 6.61. The molecule has 1 aliphatic carbocycles. The Kier molecular flexibility index (Phi) is 4.70. The molecular formula is C14H20N2O2. The molecule has 1 amide bonds. The number of hydrogen-bond donors (Lipinski definition) is 2. The van der Waals surface area contributed by atoms with E-state index in [0.717, 1.165) is 37.8 Å². The van der Waals surface area contributed by atoms with Crippen LogP contribution < -0.4 is 5.32 Å². The van der Waals surface area contributed by atoms with E-state index in [1.807, 2.05) is 12.1 Å². The average Bonchev–Trinajstić information content (AvgIpc) is 2.41. The number of aliphatic hydroxyl groups excluding tert-OH is 1. The molecule has 1 aromatic rings. The van der Waals surface area contributed by atoms with Gasteiger partial charge in [0, 0.05) is 18.7 Å². The van der Waals surface area contributed by atoms with Gasteiger partial charge in [-0.3, -0.25) is 9.78 Å². The molecule has 0 spiro atoms. The quantitative estimate of drug-likeness (QED) is 0.858. The lowest BCUT2D eigenvalue weighted by atomic mass is 9.80. The van der Waals surface area contributed by atoms with E-state index in [-0.39, 0.29) is 18.4 Å². The standard InChI is InChI=1S/C14H20N2O2/c17-9-7-11-3-5-12(6-4-11)14(18)16-13-2-1-8-15-10-13/h1-2,8,10-12,17H,3-7,9H2,(H,16,18). The van der Waals surface area contributed by atoms with Crippen molar-refractivity contribution in [3.63, 3.8) is 0 Å². The number of amides is 1. The molecule has 4 heteroatoms. The topological polar surface area (TPSA) is 62.2 Å². The number of aromatic nitrogens is 1. The Hall–Kier alpha value is -1.42. The number of nitrogens with one attached hydrogen (secondary N) is 1. The summed E-state index contributed by atoms with van der Waals surface area (Å²) in [6.07, 6.45) is 8.17. The van der Waals surface area contributed by atoms with Crippen LogP contribution in [0.4, 0.5) is 5.69 Å². The molecule has 1 aliphatic rings. The first kappa shape index (κ1) is 13.0. The minimum absolute atomic E-state index is 0.102. The molecule has 0 atom stereocenters. The molecule has 1 aromatic heterocycles. The van der Waals surface area contributed by atoms with Crippen molar-refractivity contribution in [1.82, 2.24) is 4.98 Å². The summed E-state index contributed by atoms with van der Waals surface area (Å²) in [5, 5.41) is 11.8. The summed E-state index contributed by atoms with van der Waals surface area (Å²) in [6.45, 7) is 0.261. The van der Waals surface area contributed by atoms with E-state index < -0.39 is 0 Å². The van der Waals surface area contributed by atoms with Gasteiger partial charge in [0.15, 0.2) is 0 Å². The van der Waals surface area contributed by atoms with Crippen molar-refractivity contribution < 1.29 is 9.90 Å². The van der Waals surface area contributed by atoms with Crippen LogP contribution in [0.3, 0.4) is 0 Å². The van der Waals surface area contributed by atoms with Crippen molar-refractivity contribution >= 4 is 11.6 Å². The Labute approximate surface area is 107 Å². The maximum atomic E-state index is 12.0. The van der Waals surface area contributed by atoms with Crippen molar-refractivity contribution in [2.24, 2.45) is 11.8 Å². The number of aliphatic hydroxyl groups is 1. The number of rotatable bonds is 4. The molecule has 1 fully saturated rings. The molecule has 0 aromatic carbocycles. The van der Waals surface area contributed by atoms with Gasteiger partial charge in [0.05, 0.1) is 11.9 Å². The Bertz CT molecular complexity index is 373.